The van der Waals surface area contributed by atoms with Gasteiger partial charge in [0.1, 0.15) is 0 Å². The van der Waals surface area contributed by atoms with Crippen LogP contribution in [0.5, 0.6) is 0 Å². The molecule has 1 N–H and O–H groups in total. The molecule has 0 saturated carbocycles. The third kappa shape index (κ3) is 1.22. The van der Waals surface area contributed by atoms with Crippen LogP contribution in [0.2, 0.25) is 0 Å². The molecule has 0 fully saturated rings. The normalized spacial score (nSPS) is 37.4. The summed E-state index contributed by atoms with van der Waals surface area (Å²) in [5.74, 6) is 0.112. The van der Waals surface area contributed by atoms with Crippen molar-refractivity contribution in [2.24, 2.45) is 0 Å². The Balaban J connectivity index is 2.72. The smallest absolute Gasteiger partial charge is 0.0882 e. The first-order valence-electron chi connectivity index (χ1n) is 3.60. The van der Waals surface area contributed by atoms with Gasteiger partial charge in [0, 0.05) is 7.79 Å². The molecular formula is C6H10O. The van der Waals surface area contributed by atoms with Crippen LogP contribution in [-0.4, -0.2) is 5.11 Å². The average Bonchev–Trinajstić information content (AvgIpc) is 1.83. The molecule has 0 radical (unpaired) electrons. The first-order valence-corrected chi connectivity index (χ1v) is 2.52. The number of aliphatic hydroxyl groups excluding tert-OH is 1. The zero-order chi connectivity index (χ0) is 6.85. The second-order valence-electron chi connectivity index (χ2n) is 1.69. The van der Waals surface area contributed by atoms with Crippen LogP contribution in [0.3, 0.4) is 0 Å². The number of aliphatic hydroxyl groups is 1. The predicted molar refractivity (Wildman–Crippen MR) is 29.2 cm³/mol. The van der Waals surface area contributed by atoms with Crippen LogP contribution >= 0.6 is 0 Å². The van der Waals surface area contributed by atoms with Crippen molar-refractivity contribution in [3.63, 3.8) is 0 Å². The zero-order valence-electron chi connectivity index (χ0n) is 6.15. The van der Waals surface area contributed by atoms with E-state index in [4.69, 9.17) is 7.85 Å². The molecule has 1 rings (SSSR count). The standard InChI is InChI=1S/C6H10O/c7-6-4-2-1-3-5-6/h4,7H,1-3,5H2/i2D,4D. The molecule has 1 atom stereocenters. The Labute approximate surface area is 46.5 Å². The highest BCUT2D eigenvalue weighted by Crippen LogP contribution is 2.13. The molecule has 0 aromatic carbocycles. The Bertz CT molecular complexity index is 142. The summed E-state index contributed by atoms with van der Waals surface area (Å²) >= 11 is 0. The van der Waals surface area contributed by atoms with Crippen LogP contribution < -0.4 is 0 Å². The van der Waals surface area contributed by atoms with E-state index in [9.17, 15) is 0 Å². The van der Waals surface area contributed by atoms with Crippen LogP contribution in [-0.2, 0) is 0 Å². The van der Waals surface area contributed by atoms with Crippen molar-refractivity contribution in [3.05, 3.63) is 11.8 Å². The summed E-state index contributed by atoms with van der Waals surface area (Å²) in [5.41, 5.74) is 0. The van der Waals surface area contributed by atoms with E-state index >= 15 is 0 Å². The number of hydrogen-bond donors (Lipinski definition) is 1. The van der Waals surface area contributed by atoms with Crippen molar-refractivity contribution in [2.45, 2.75) is 25.7 Å². The Morgan fingerprint density at radius 3 is 3.29 bits per heavy atom. The second-order valence-corrected chi connectivity index (χ2v) is 1.69. The Morgan fingerprint density at radius 2 is 2.71 bits per heavy atom. The summed E-state index contributed by atoms with van der Waals surface area (Å²) in [6.45, 7) is 0. The third-order valence-corrected chi connectivity index (χ3v) is 1.03. The lowest BCUT2D eigenvalue weighted by Gasteiger charge is -2.04. The first-order chi connectivity index (χ1) is 4.22. The van der Waals surface area contributed by atoms with E-state index in [-0.39, 0.29) is 11.8 Å². The molecule has 0 aromatic rings. The van der Waals surface area contributed by atoms with E-state index in [1.54, 1.807) is 0 Å². The molecule has 40 valence electrons. The maximum absolute atomic E-state index is 8.92. The molecule has 0 heterocycles. The summed E-state index contributed by atoms with van der Waals surface area (Å²) in [6, 6.07) is 0.112. The van der Waals surface area contributed by atoms with Gasteiger partial charge in [0.05, 0.1) is 7.13 Å². The molecule has 0 saturated heterocycles. The van der Waals surface area contributed by atoms with E-state index in [1.165, 1.54) is 0 Å². The molecule has 1 aliphatic rings. The molecule has 1 heteroatoms. The third-order valence-electron chi connectivity index (χ3n) is 1.03. The topological polar surface area (TPSA) is 20.2 Å². The average molecular weight is 100 g/mol. The largest absolute Gasteiger partial charge is 0.513 e. The summed E-state index contributed by atoms with van der Waals surface area (Å²) in [4.78, 5) is 0. The summed E-state index contributed by atoms with van der Waals surface area (Å²) in [7, 11) is 0. The summed E-state index contributed by atoms with van der Waals surface area (Å²) in [5, 5.41) is 8.92. The van der Waals surface area contributed by atoms with E-state index in [0.717, 1.165) is 12.8 Å². The Hall–Kier alpha value is -0.460. The molecule has 0 spiro atoms. The van der Waals surface area contributed by atoms with Crippen LogP contribution in [0.15, 0.2) is 11.8 Å². The minimum atomic E-state index is -0.473. The lowest BCUT2D eigenvalue weighted by Crippen LogP contribution is -1.88. The lowest BCUT2D eigenvalue weighted by molar-refractivity contribution is 0.368. The number of rotatable bonds is 0. The van der Waals surface area contributed by atoms with Gasteiger partial charge in [-0.25, -0.2) is 0 Å². The van der Waals surface area contributed by atoms with Crippen molar-refractivity contribution in [3.8, 4) is 0 Å². The molecule has 7 heavy (non-hydrogen) atoms. The zero-order valence-corrected chi connectivity index (χ0v) is 4.15. The quantitative estimate of drug-likeness (QED) is 0.493. The Kier molecular flexibility index (Phi) is 0.790. The summed E-state index contributed by atoms with van der Waals surface area (Å²) < 4.78 is 14.3. The molecule has 0 aliphatic heterocycles. The maximum Gasteiger partial charge on any atom is 0.0882 e. The molecule has 0 bridgehead atoms. The fraction of sp³-hybridized carbons (Fsp3) is 0.667. The van der Waals surface area contributed by atoms with Crippen LogP contribution in [0.25, 0.3) is 0 Å². The van der Waals surface area contributed by atoms with E-state index in [1.807, 2.05) is 0 Å². The highest BCUT2D eigenvalue weighted by Gasteiger charge is 1.97. The molecular weight excluding hydrogens is 88.1 g/mol. The van der Waals surface area contributed by atoms with Crippen molar-refractivity contribution < 1.29 is 7.85 Å². The predicted octanol–water partition coefficient (Wildman–Crippen LogP) is 2.00. The second kappa shape index (κ2) is 2.01. The summed E-state index contributed by atoms with van der Waals surface area (Å²) in [6.07, 6.45) is 1.69. The van der Waals surface area contributed by atoms with Gasteiger partial charge in [-0.3, -0.25) is 0 Å². The molecule has 0 amide bonds. The highest BCUT2D eigenvalue weighted by atomic mass is 16.3. The van der Waals surface area contributed by atoms with Crippen molar-refractivity contribution in [1.29, 1.82) is 0 Å². The monoisotopic (exact) mass is 100 g/mol. The highest BCUT2D eigenvalue weighted by molar-refractivity contribution is 4.93. The number of hydrogen-bond acceptors (Lipinski definition) is 1. The van der Waals surface area contributed by atoms with Gasteiger partial charge < -0.3 is 5.11 Å². The number of allylic oxidation sites excluding steroid dienone is 2. The van der Waals surface area contributed by atoms with Gasteiger partial charge in [0.15, 0.2) is 0 Å². The van der Waals surface area contributed by atoms with E-state index in [0.29, 0.717) is 6.42 Å². The lowest BCUT2D eigenvalue weighted by atomic mass is 10.1. The van der Waals surface area contributed by atoms with Gasteiger partial charge >= 0.3 is 0 Å². The van der Waals surface area contributed by atoms with Crippen LogP contribution in [0.1, 0.15) is 28.4 Å². The maximum atomic E-state index is 8.92. The van der Waals surface area contributed by atoms with Gasteiger partial charge in [-0.05, 0) is 25.3 Å². The SMILES string of the molecule is [2H]C1=C(O)CCCC1[2H]. The fourth-order valence-corrected chi connectivity index (χ4v) is 0.634. The van der Waals surface area contributed by atoms with Gasteiger partial charge in [-0.15, -0.1) is 0 Å². The van der Waals surface area contributed by atoms with Crippen LogP contribution in [0, 0.1) is 0 Å². The minimum Gasteiger partial charge on any atom is -0.513 e. The van der Waals surface area contributed by atoms with Crippen molar-refractivity contribution in [1.82, 2.24) is 0 Å². The van der Waals surface area contributed by atoms with Crippen molar-refractivity contribution >= 4 is 0 Å². The molecule has 0 aromatic heterocycles. The van der Waals surface area contributed by atoms with Gasteiger partial charge in [0.2, 0.25) is 0 Å². The minimum absolute atomic E-state index is 0.112. The Morgan fingerprint density at radius 1 is 1.86 bits per heavy atom. The van der Waals surface area contributed by atoms with E-state index in [2.05, 4.69) is 0 Å². The van der Waals surface area contributed by atoms with Gasteiger partial charge in [-0.1, -0.05) is 0 Å². The van der Waals surface area contributed by atoms with Crippen LogP contribution in [0.4, 0.5) is 0 Å². The fourth-order valence-electron chi connectivity index (χ4n) is 0.634. The van der Waals surface area contributed by atoms with Crippen molar-refractivity contribution in [2.75, 3.05) is 0 Å². The molecule has 1 unspecified atom stereocenters. The van der Waals surface area contributed by atoms with Gasteiger partial charge in [0.25, 0.3) is 0 Å². The molecule has 1 aliphatic carbocycles. The molecule has 1 nitrogen and oxygen atoms in total. The first kappa shape index (κ1) is 2.75. The van der Waals surface area contributed by atoms with Gasteiger partial charge in [-0.2, -0.15) is 0 Å². The van der Waals surface area contributed by atoms with E-state index < -0.39 is 6.40 Å².